The average molecular weight is 459 g/mol. The normalized spacial score (nSPS) is 15.8. The van der Waals surface area contributed by atoms with Crippen molar-refractivity contribution < 1.29 is 13.2 Å². The van der Waals surface area contributed by atoms with E-state index in [0.29, 0.717) is 30.0 Å². The number of nitrogens with zero attached hydrogens (tertiary/aromatic N) is 3. The second-order valence-electron chi connectivity index (χ2n) is 5.81. The Balaban J connectivity index is 2.07. The van der Waals surface area contributed by atoms with Gasteiger partial charge < -0.3 is 0 Å². The van der Waals surface area contributed by atoms with Crippen molar-refractivity contribution in [3.05, 3.63) is 44.8 Å². The minimum absolute atomic E-state index is 0.156. The zero-order valence-corrected chi connectivity index (χ0v) is 16.5. The largest absolute Gasteiger partial charge is 0.279 e. The monoisotopic (exact) mass is 459 g/mol. The first-order valence-electron chi connectivity index (χ1n) is 7.69. The van der Waals surface area contributed by atoms with Gasteiger partial charge in [0.15, 0.2) is 0 Å². The van der Waals surface area contributed by atoms with E-state index in [-0.39, 0.29) is 10.8 Å². The number of rotatable bonds is 3. The van der Waals surface area contributed by atoms with Crippen LogP contribution in [0.3, 0.4) is 0 Å². The van der Waals surface area contributed by atoms with Gasteiger partial charge in [-0.05, 0) is 61.4 Å². The highest BCUT2D eigenvalue weighted by atomic mass is 127. The molecule has 24 heavy (non-hydrogen) atoms. The van der Waals surface area contributed by atoms with Crippen LogP contribution in [0, 0.1) is 17.4 Å². The second kappa shape index (κ2) is 6.57. The smallest absolute Gasteiger partial charge is 0.267 e. The first kappa shape index (κ1) is 17.6. The van der Waals surface area contributed by atoms with Crippen LogP contribution in [0.25, 0.3) is 0 Å². The molecule has 0 radical (unpaired) electrons. The van der Waals surface area contributed by atoms with Gasteiger partial charge in [-0.1, -0.05) is 12.1 Å². The Hall–Kier alpha value is -1.26. The molecule has 6 nitrogen and oxygen atoms in total. The van der Waals surface area contributed by atoms with Crippen LogP contribution in [0.4, 0.5) is 0 Å². The maximum Gasteiger partial charge on any atom is 0.279 e. The minimum Gasteiger partial charge on any atom is -0.267 e. The standard InChI is InChI=1S/C16H18IN3O3S/c1-11-15(24(22,23)19-9-5-6-10-19)12(2)20(18-11)16(21)13-7-3-4-8-14(13)17/h3-4,7-8H,5-6,9-10H2,1-2H3. The number of benzene rings is 1. The second-order valence-corrected chi connectivity index (χ2v) is 8.84. The van der Waals surface area contributed by atoms with Crippen molar-refractivity contribution in [2.24, 2.45) is 0 Å². The number of carbonyl (C=O) groups excluding carboxylic acids is 1. The Kier molecular flexibility index (Phi) is 4.80. The Labute approximate surface area is 155 Å². The third-order valence-electron chi connectivity index (χ3n) is 4.18. The Morgan fingerprint density at radius 3 is 2.42 bits per heavy atom. The molecule has 0 saturated carbocycles. The van der Waals surface area contributed by atoms with Crippen molar-refractivity contribution >= 4 is 38.5 Å². The zero-order chi connectivity index (χ0) is 17.5. The zero-order valence-electron chi connectivity index (χ0n) is 13.5. The lowest BCUT2D eigenvalue weighted by Crippen LogP contribution is -2.29. The van der Waals surface area contributed by atoms with Gasteiger partial charge >= 0.3 is 0 Å². The van der Waals surface area contributed by atoms with Crippen molar-refractivity contribution in [1.82, 2.24) is 14.1 Å². The molecule has 1 aliphatic heterocycles. The van der Waals surface area contributed by atoms with Crippen molar-refractivity contribution in [1.29, 1.82) is 0 Å². The molecule has 0 aliphatic carbocycles. The summed E-state index contributed by atoms with van der Waals surface area (Å²) in [5.41, 5.74) is 1.23. The van der Waals surface area contributed by atoms with Gasteiger partial charge in [0, 0.05) is 16.7 Å². The van der Waals surface area contributed by atoms with E-state index in [1.54, 1.807) is 26.0 Å². The molecule has 0 amide bonds. The van der Waals surface area contributed by atoms with Crippen LogP contribution in [-0.4, -0.2) is 41.5 Å². The number of aromatic nitrogens is 2. The fourth-order valence-electron chi connectivity index (χ4n) is 3.01. The third kappa shape index (κ3) is 2.91. The van der Waals surface area contributed by atoms with Gasteiger partial charge in [0.25, 0.3) is 5.91 Å². The van der Waals surface area contributed by atoms with Gasteiger partial charge in [-0.15, -0.1) is 0 Å². The highest BCUT2D eigenvalue weighted by Crippen LogP contribution is 2.27. The van der Waals surface area contributed by atoms with Crippen LogP contribution >= 0.6 is 22.6 Å². The first-order chi connectivity index (χ1) is 11.3. The molecule has 3 rings (SSSR count). The summed E-state index contributed by atoms with van der Waals surface area (Å²) in [4.78, 5) is 12.9. The molecule has 2 aromatic rings. The predicted molar refractivity (Wildman–Crippen MR) is 98.6 cm³/mol. The summed E-state index contributed by atoms with van der Waals surface area (Å²) in [5, 5.41) is 4.22. The summed E-state index contributed by atoms with van der Waals surface area (Å²) in [7, 11) is -3.61. The van der Waals surface area contributed by atoms with E-state index in [2.05, 4.69) is 27.7 Å². The van der Waals surface area contributed by atoms with Crippen LogP contribution in [-0.2, 0) is 10.0 Å². The molecule has 2 heterocycles. The summed E-state index contributed by atoms with van der Waals surface area (Å²) in [6.07, 6.45) is 1.74. The minimum atomic E-state index is -3.61. The summed E-state index contributed by atoms with van der Waals surface area (Å²) in [6, 6.07) is 7.18. The number of aryl methyl sites for hydroxylation is 1. The molecule has 0 atom stereocenters. The predicted octanol–water partition coefficient (Wildman–Crippen LogP) is 2.58. The van der Waals surface area contributed by atoms with E-state index in [9.17, 15) is 13.2 Å². The molecule has 128 valence electrons. The third-order valence-corrected chi connectivity index (χ3v) is 7.28. The van der Waals surface area contributed by atoms with Gasteiger partial charge in [-0.2, -0.15) is 14.1 Å². The maximum atomic E-state index is 12.9. The molecule has 1 saturated heterocycles. The van der Waals surface area contributed by atoms with E-state index in [0.717, 1.165) is 16.4 Å². The highest BCUT2D eigenvalue weighted by molar-refractivity contribution is 14.1. The van der Waals surface area contributed by atoms with Crippen molar-refractivity contribution in [2.45, 2.75) is 31.6 Å². The molecule has 8 heteroatoms. The maximum absolute atomic E-state index is 12.9. The molecular formula is C16H18IN3O3S. The lowest BCUT2D eigenvalue weighted by Gasteiger charge is -2.15. The number of hydrogen-bond donors (Lipinski definition) is 0. The molecule has 0 N–H and O–H groups in total. The molecule has 1 aromatic heterocycles. The summed E-state index contributed by atoms with van der Waals surface area (Å²) in [5.74, 6) is -0.316. The quantitative estimate of drug-likeness (QED) is 0.662. The van der Waals surface area contributed by atoms with Crippen LogP contribution < -0.4 is 0 Å². The molecule has 1 fully saturated rings. The van der Waals surface area contributed by atoms with Crippen molar-refractivity contribution in [3.63, 3.8) is 0 Å². The van der Waals surface area contributed by atoms with Crippen LogP contribution in [0.2, 0.25) is 0 Å². The van der Waals surface area contributed by atoms with E-state index >= 15 is 0 Å². The lowest BCUT2D eigenvalue weighted by molar-refractivity contribution is 0.0941. The number of carbonyl (C=O) groups is 1. The fourth-order valence-corrected chi connectivity index (χ4v) is 5.49. The van der Waals surface area contributed by atoms with E-state index in [1.165, 1.54) is 8.99 Å². The van der Waals surface area contributed by atoms with E-state index < -0.39 is 10.0 Å². The fraction of sp³-hybridized carbons (Fsp3) is 0.375. The Morgan fingerprint density at radius 1 is 1.17 bits per heavy atom. The van der Waals surface area contributed by atoms with Gasteiger partial charge in [-0.25, -0.2) is 8.42 Å². The molecule has 1 aromatic carbocycles. The average Bonchev–Trinajstić information content (AvgIpc) is 3.16. The number of halogens is 1. The first-order valence-corrected chi connectivity index (χ1v) is 10.2. The topological polar surface area (TPSA) is 72.3 Å². The van der Waals surface area contributed by atoms with Gasteiger partial charge in [0.05, 0.1) is 17.0 Å². The molecule has 1 aliphatic rings. The van der Waals surface area contributed by atoms with Crippen LogP contribution in [0.1, 0.15) is 34.6 Å². The lowest BCUT2D eigenvalue weighted by atomic mass is 10.2. The van der Waals surface area contributed by atoms with Crippen LogP contribution in [0.5, 0.6) is 0 Å². The van der Waals surface area contributed by atoms with Crippen LogP contribution in [0.15, 0.2) is 29.2 Å². The Morgan fingerprint density at radius 2 is 1.79 bits per heavy atom. The SMILES string of the molecule is Cc1nn(C(=O)c2ccccc2I)c(C)c1S(=O)(=O)N1CCCC1. The molecular weight excluding hydrogens is 441 g/mol. The van der Waals surface area contributed by atoms with Crippen molar-refractivity contribution in [2.75, 3.05) is 13.1 Å². The summed E-state index contributed by atoms with van der Waals surface area (Å²) < 4.78 is 29.2. The molecule has 0 spiro atoms. The van der Waals surface area contributed by atoms with E-state index in [1.807, 2.05) is 12.1 Å². The highest BCUT2D eigenvalue weighted by Gasteiger charge is 2.33. The summed E-state index contributed by atoms with van der Waals surface area (Å²) in [6.45, 7) is 4.32. The van der Waals surface area contributed by atoms with Gasteiger partial charge in [-0.3, -0.25) is 4.79 Å². The number of hydrogen-bond acceptors (Lipinski definition) is 4. The van der Waals surface area contributed by atoms with Gasteiger partial charge in [0.2, 0.25) is 10.0 Å². The van der Waals surface area contributed by atoms with Gasteiger partial charge in [0.1, 0.15) is 4.90 Å². The molecule has 0 bridgehead atoms. The molecule has 0 unspecified atom stereocenters. The van der Waals surface area contributed by atoms with Crippen molar-refractivity contribution in [3.8, 4) is 0 Å². The Bertz CT molecular complexity index is 899. The van der Waals surface area contributed by atoms with E-state index in [4.69, 9.17) is 0 Å². The number of sulfonamides is 1. The summed E-state index contributed by atoms with van der Waals surface area (Å²) >= 11 is 2.09.